The Labute approximate surface area is 187 Å². The van der Waals surface area contributed by atoms with E-state index in [9.17, 15) is 4.79 Å². The van der Waals surface area contributed by atoms with Crippen LogP contribution in [0.5, 0.6) is 0 Å². The number of piperidine rings is 1. The molecule has 0 aliphatic carbocycles. The molecule has 0 spiro atoms. The van der Waals surface area contributed by atoms with E-state index >= 15 is 0 Å². The third-order valence-corrected chi connectivity index (χ3v) is 6.87. The molecule has 8 heteroatoms. The van der Waals surface area contributed by atoms with Gasteiger partial charge in [0.2, 0.25) is 11.9 Å². The van der Waals surface area contributed by atoms with Gasteiger partial charge in [-0.2, -0.15) is 0 Å². The second-order valence-corrected chi connectivity index (χ2v) is 9.33. The Bertz CT molecular complexity index is 979. The maximum Gasteiger partial charge on any atom is 0.240 e. The third-order valence-electron chi connectivity index (χ3n) is 5.65. The van der Waals surface area contributed by atoms with Crippen molar-refractivity contribution in [3.8, 4) is 0 Å². The number of hydrogen-bond donors (Lipinski definition) is 0. The van der Waals surface area contributed by atoms with Gasteiger partial charge in [-0.25, -0.2) is 0 Å². The quantitative estimate of drug-likeness (QED) is 0.517. The number of furan rings is 1. The highest BCUT2D eigenvalue weighted by Gasteiger charge is 2.29. The van der Waals surface area contributed by atoms with Crippen LogP contribution in [0.2, 0.25) is 0 Å². The smallest absolute Gasteiger partial charge is 0.240 e. The molecule has 1 atom stereocenters. The Hall–Kier alpha value is -2.74. The van der Waals surface area contributed by atoms with Crippen LogP contribution in [0, 0.1) is 5.92 Å². The zero-order valence-corrected chi connectivity index (χ0v) is 19.1. The standard InChI is InChI=1S/C23H29N5O2S/c1-17-11-13-27(14-12-17)22-24-25-23(28(22)16-19-10-7-15-30-19)31-20(21(29)26(2)3)18-8-5-4-6-9-18/h4-10,15,17,20H,11-14,16H2,1-3H3. The molecule has 4 rings (SSSR count). The molecule has 1 amide bonds. The number of anilines is 1. The SMILES string of the molecule is CC1CCN(c2nnc(SC(C(=O)N(C)C)c3ccccc3)n2Cc2ccco2)CC1. The number of carbonyl (C=O) groups excluding carboxylic acids is 1. The number of carbonyl (C=O) groups is 1. The van der Waals surface area contributed by atoms with E-state index in [1.807, 2.05) is 42.5 Å². The van der Waals surface area contributed by atoms with Gasteiger partial charge in [0.05, 0.1) is 12.8 Å². The van der Waals surface area contributed by atoms with Gasteiger partial charge in [0.25, 0.3) is 0 Å². The molecule has 1 aromatic carbocycles. The summed E-state index contributed by atoms with van der Waals surface area (Å²) in [5.74, 6) is 2.43. The van der Waals surface area contributed by atoms with E-state index in [1.54, 1.807) is 25.3 Å². The lowest BCUT2D eigenvalue weighted by Crippen LogP contribution is -2.35. The monoisotopic (exact) mass is 439 g/mol. The molecule has 1 aliphatic heterocycles. The first-order valence-electron chi connectivity index (χ1n) is 10.7. The van der Waals surface area contributed by atoms with Gasteiger partial charge in [0.1, 0.15) is 11.0 Å². The molecule has 0 N–H and O–H groups in total. The minimum Gasteiger partial charge on any atom is -0.467 e. The van der Waals surface area contributed by atoms with E-state index < -0.39 is 5.25 Å². The summed E-state index contributed by atoms with van der Waals surface area (Å²) >= 11 is 1.44. The third kappa shape index (κ3) is 4.95. The van der Waals surface area contributed by atoms with Crippen LogP contribution in [0.4, 0.5) is 5.95 Å². The van der Waals surface area contributed by atoms with Crippen LogP contribution < -0.4 is 4.90 Å². The first-order valence-corrected chi connectivity index (χ1v) is 11.5. The summed E-state index contributed by atoms with van der Waals surface area (Å²) in [5.41, 5.74) is 0.951. The molecule has 31 heavy (non-hydrogen) atoms. The van der Waals surface area contributed by atoms with Crippen LogP contribution in [-0.4, -0.2) is 52.8 Å². The molecule has 1 saturated heterocycles. The summed E-state index contributed by atoms with van der Waals surface area (Å²) in [7, 11) is 3.57. The van der Waals surface area contributed by atoms with Gasteiger partial charge in [-0.05, 0) is 36.5 Å². The van der Waals surface area contributed by atoms with Crippen LogP contribution in [0.3, 0.4) is 0 Å². The Morgan fingerprint density at radius 1 is 1.16 bits per heavy atom. The van der Waals surface area contributed by atoms with Crippen molar-refractivity contribution >= 4 is 23.6 Å². The number of likely N-dealkylation sites (N-methyl/N-ethyl adjacent to an activating group) is 1. The van der Waals surface area contributed by atoms with Gasteiger partial charge < -0.3 is 14.2 Å². The lowest BCUT2D eigenvalue weighted by atomic mass is 10.00. The first kappa shape index (κ1) is 21.5. The van der Waals surface area contributed by atoms with E-state index in [0.29, 0.717) is 11.7 Å². The molecule has 7 nitrogen and oxygen atoms in total. The lowest BCUT2D eigenvalue weighted by Gasteiger charge is -2.31. The van der Waals surface area contributed by atoms with E-state index in [1.165, 1.54) is 11.8 Å². The van der Waals surface area contributed by atoms with Gasteiger partial charge >= 0.3 is 0 Å². The van der Waals surface area contributed by atoms with E-state index in [4.69, 9.17) is 4.42 Å². The minimum absolute atomic E-state index is 0.0251. The van der Waals surface area contributed by atoms with Crippen molar-refractivity contribution in [3.63, 3.8) is 0 Å². The average Bonchev–Trinajstić information content (AvgIpc) is 3.43. The van der Waals surface area contributed by atoms with Crippen molar-refractivity contribution in [1.29, 1.82) is 0 Å². The van der Waals surface area contributed by atoms with Crippen LogP contribution in [0.1, 0.15) is 36.3 Å². The van der Waals surface area contributed by atoms with Crippen LogP contribution in [0.25, 0.3) is 0 Å². The summed E-state index contributed by atoms with van der Waals surface area (Å²) in [6.07, 6.45) is 3.96. The topological polar surface area (TPSA) is 67.4 Å². The largest absolute Gasteiger partial charge is 0.467 e. The molecule has 1 fully saturated rings. The van der Waals surface area contributed by atoms with Crippen molar-refractivity contribution in [2.75, 3.05) is 32.1 Å². The molecular formula is C23H29N5O2S. The number of nitrogens with zero attached hydrogens (tertiary/aromatic N) is 5. The van der Waals surface area contributed by atoms with Crippen LogP contribution >= 0.6 is 11.8 Å². The predicted molar refractivity (Wildman–Crippen MR) is 122 cm³/mol. The van der Waals surface area contributed by atoms with Gasteiger partial charge in [0, 0.05) is 27.2 Å². The Morgan fingerprint density at radius 3 is 2.55 bits per heavy atom. The fourth-order valence-electron chi connectivity index (χ4n) is 3.74. The highest BCUT2D eigenvalue weighted by molar-refractivity contribution is 8.00. The predicted octanol–water partition coefficient (Wildman–Crippen LogP) is 4.08. The highest BCUT2D eigenvalue weighted by Crippen LogP contribution is 2.37. The molecule has 1 aliphatic rings. The van der Waals surface area contributed by atoms with Crippen molar-refractivity contribution in [3.05, 3.63) is 60.1 Å². The Morgan fingerprint density at radius 2 is 1.90 bits per heavy atom. The fraction of sp³-hybridized carbons (Fsp3) is 0.435. The van der Waals surface area contributed by atoms with E-state index in [0.717, 1.165) is 49.1 Å². The molecule has 1 unspecified atom stereocenters. The zero-order valence-electron chi connectivity index (χ0n) is 18.3. The summed E-state index contributed by atoms with van der Waals surface area (Å²) in [5, 5.41) is 9.39. The minimum atomic E-state index is -0.398. The first-order chi connectivity index (χ1) is 15.0. The summed E-state index contributed by atoms with van der Waals surface area (Å²) in [6, 6.07) is 13.7. The maximum atomic E-state index is 13.0. The Balaban J connectivity index is 1.68. The van der Waals surface area contributed by atoms with Gasteiger partial charge in [-0.15, -0.1) is 10.2 Å². The van der Waals surface area contributed by atoms with Gasteiger partial charge in [-0.1, -0.05) is 49.0 Å². The second kappa shape index (κ2) is 9.60. The molecule has 0 saturated carbocycles. The lowest BCUT2D eigenvalue weighted by molar-refractivity contribution is -0.128. The number of benzene rings is 1. The molecule has 3 heterocycles. The molecule has 164 valence electrons. The van der Waals surface area contributed by atoms with Crippen LogP contribution in [-0.2, 0) is 11.3 Å². The average molecular weight is 440 g/mol. The van der Waals surface area contributed by atoms with Gasteiger partial charge in [0.15, 0.2) is 5.16 Å². The number of aromatic nitrogens is 3. The number of amides is 1. The highest BCUT2D eigenvalue weighted by atomic mass is 32.2. The molecule has 3 aromatic rings. The van der Waals surface area contributed by atoms with E-state index in [2.05, 4.69) is 26.6 Å². The van der Waals surface area contributed by atoms with Crippen LogP contribution in [0.15, 0.2) is 58.3 Å². The maximum absolute atomic E-state index is 13.0. The fourth-order valence-corrected chi connectivity index (χ4v) is 4.91. The number of thioether (sulfide) groups is 1. The second-order valence-electron chi connectivity index (χ2n) is 8.26. The zero-order chi connectivity index (χ0) is 21.8. The van der Waals surface area contributed by atoms with E-state index in [-0.39, 0.29) is 5.91 Å². The van der Waals surface area contributed by atoms with Gasteiger partial charge in [-0.3, -0.25) is 9.36 Å². The molecule has 0 bridgehead atoms. The molecule has 0 radical (unpaired) electrons. The number of hydrogen-bond acceptors (Lipinski definition) is 6. The van der Waals surface area contributed by atoms with Crippen molar-refractivity contribution in [2.45, 2.75) is 36.7 Å². The molecule has 2 aromatic heterocycles. The molecular weight excluding hydrogens is 410 g/mol. The van der Waals surface area contributed by atoms with Crippen molar-refractivity contribution < 1.29 is 9.21 Å². The summed E-state index contributed by atoms with van der Waals surface area (Å²) in [6.45, 7) is 4.74. The summed E-state index contributed by atoms with van der Waals surface area (Å²) in [4.78, 5) is 17.0. The summed E-state index contributed by atoms with van der Waals surface area (Å²) < 4.78 is 7.70. The normalized spacial score (nSPS) is 15.8. The van der Waals surface area contributed by atoms with Crippen molar-refractivity contribution in [2.24, 2.45) is 5.92 Å². The Kier molecular flexibility index (Phi) is 6.65. The number of rotatable bonds is 7. The van der Waals surface area contributed by atoms with Crippen molar-refractivity contribution in [1.82, 2.24) is 19.7 Å².